The molecule has 2 atom stereocenters. The summed E-state index contributed by atoms with van der Waals surface area (Å²) in [5, 5.41) is 9.13. The van der Waals surface area contributed by atoms with E-state index < -0.39 is 10.2 Å². The summed E-state index contributed by atoms with van der Waals surface area (Å²) in [7, 11) is -3.39. The van der Waals surface area contributed by atoms with Gasteiger partial charge in [-0.05, 0) is 44.1 Å². The first-order chi connectivity index (χ1) is 8.49. The second-order valence-electron chi connectivity index (χ2n) is 4.85. The highest BCUT2D eigenvalue weighted by Crippen LogP contribution is 2.18. The fraction of sp³-hybridized carbons (Fsp3) is 1.00. The zero-order chi connectivity index (χ0) is 13.6. The Morgan fingerprint density at radius 1 is 1.56 bits per heavy atom. The van der Waals surface area contributed by atoms with Crippen molar-refractivity contribution in [3.8, 4) is 0 Å². The zero-order valence-corrected chi connectivity index (χ0v) is 12.8. The topological polar surface area (TPSA) is 69.6 Å². The van der Waals surface area contributed by atoms with Crippen molar-refractivity contribution < 1.29 is 13.5 Å². The Balaban J connectivity index is 2.51. The molecule has 5 nitrogen and oxygen atoms in total. The number of hydrogen-bond donors (Lipinski definition) is 2. The van der Waals surface area contributed by atoms with E-state index in [2.05, 4.69) is 4.72 Å². The van der Waals surface area contributed by atoms with E-state index in [1.165, 1.54) is 4.31 Å². The maximum atomic E-state index is 12.1. The molecule has 1 fully saturated rings. The monoisotopic (exact) mass is 296 g/mol. The summed E-state index contributed by atoms with van der Waals surface area (Å²) in [5.74, 6) is 1.03. The molecule has 1 saturated heterocycles. The van der Waals surface area contributed by atoms with Gasteiger partial charge in [-0.2, -0.15) is 29.2 Å². The summed E-state index contributed by atoms with van der Waals surface area (Å²) in [6.45, 7) is 2.94. The lowest BCUT2D eigenvalue weighted by molar-refractivity contribution is 0.164. The molecule has 18 heavy (non-hydrogen) atoms. The highest BCUT2D eigenvalue weighted by atomic mass is 32.2. The molecular formula is C11H24N2O3S2. The number of nitrogens with zero attached hydrogens (tertiary/aromatic N) is 1. The Bertz CT molecular complexity index is 335. The van der Waals surface area contributed by atoms with Crippen LogP contribution in [0.2, 0.25) is 0 Å². The summed E-state index contributed by atoms with van der Waals surface area (Å²) in [4.78, 5) is 0. The fourth-order valence-corrected chi connectivity index (χ4v) is 4.22. The van der Waals surface area contributed by atoms with Crippen LogP contribution in [0.5, 0.6) is 0 Å². The van der Waals surface area contributed by atoms with Gasteiger partial charge in [0.25, 0.3) is 10.2 Å². The van der Waals surface area contributed by atoms with Gasteiger partial charge in [-0.25, -0.2) is 0 Å². The van der Waals surface area contributed by atoms with E-state index in [1.54, 1.807) is 11.8 Å². The molecule has 0 aromatic carbocycles. The van der Waals surface area contributed by atoms with Crippen molar-refractivity contribution >= 4 is 22.0 Å². The number of piperidine rings is 1. The summed E-state index contributed by atoms with van der Waals surface area (Å²) < 4.78 is 28.5. The first-order valence-electron chi connectivity index (χ1n) is 6.36. The van der Waals surface area contributed by atoms with Crippen molar-refractivity contribution in [1.82, 2.24) is 9.03 Å². The quantitative estimate of drug-likeness (QED) is 0.724. The summed E-state index contributed by atoms with van der Waals surface area (Å²) in [6, 6.07) is -0.0445. The van der Waals surface area contributed by atoms with Crippen molar-refractivity contribution in [3.05, 3.63) is 0 Å². The van der Waals surface area contributed by atoms with Crippen LogP contribution in [-0.2, 0) is 10.2 Å². The molecule has 0 aromatic rings. The standard InChI is InChI=1S/C11H24N2O3S2/c1-10(5-7-17-2)12-18(15,16)13-6-3-4-11(8-13)9-14/h10-12,14H,3-9H2,1-2H3. The lowest BCUT2D eigenvalue weighted by Crippen LogP contribution is -2.49. The van der Waals surface area contributed by atoms with Crippen molar-refractivity contribution in [3.63, 3.8) is 0 Å². The van der Waals surface area contributed by atoms with Gasteiger partial charge in [0, 0.05) is 25.7 Å². The van der Waals surface area contributed by atoms with Gasteiger partial charge in [0.2, 0.25) is 0 Å². The predicted molar refractivity (Wildman–Crippen MR) is 75.9 cm³/mol. The lowest BCUT2D eigenvalue weighted by Gasteiger charge is -2.31. The van der Waals surface area contributed by atoms with Gasteiger partial charge in [-0.15, -0.1) is 0 Å². The highest BCUT2D eigenvalue weighted by Gasteiger charge is 2.29. The molecule has 0 aliphatic carbocycles. The summed E-state index contributed by atoms with van der Waals surface area (Å²) in [6.07, 6.45) is 4.57. The van der Waals surface area contributed by atoms with Crippen molar-refractivity contribution in [2.24, 2.45) is 5.92 Å². The number of rotatable bonds is 7. The number of aliphatic hydroxyl groups is 1. The van der Waals surface area contributed by atoms with E-state index in [1.807, 2.05) is 13.2 Å². The van der Waals surface area contributed by atoms with E-state index >= 15 is 0 Å². The Morgan fingerprint density at radius 3 is 2.89 bits per heavy atom. The molecular weight excluding hydrogens is 272 g/mol. The van der Waals surface area contributed by atoms with Gasteiger partial charge in [-0.3, -0.25) is 0 Å². The minimum Gasteiger partial charge on any atom is -0.396 e. The van der Waals surface area contributed by atoms with Gasteiger partial charge < -0.3 is 5.11 Å². The fourth-order valence-electron chi connectivity index (χ4n) is 2.08. The predicted octanol–water partition coefficient (Wildman–Crippen LogP) is 0.667. The SMILES string of the molecule is CSCCC(C)NS(=O)(=O)N1CCCC(CO)C1. The molecule has 1 heterocycles. The third kappa shape index (κ3) is 5.05. The zero-order valence-electron chi connectivity index (χ0n) is 11.1. The number of thioether (sulfide) groups is 1. The molecule has 1 rings (SSSR count). The Labute approximate surface area is 115 Å². The average Bonchev–Trinajstić information content (AvgIpc) is 2.36. The van der Waals surface area contributed by atoms with Crippen molar-refractivity contribution in [2.75, 3.05) is 31.7 Å². The maximum absolute atomic E-state index is 12.1. The normalized spacial score (nSPS) is 24.1. The van der Waals surface area contributed by atoms with Gasteiger partial charge >= 0.3 is 0 Å². The van der Waals surface area contributed by atoms with E-state index in [0.29, 0.717) is 13.1 Å². The number of nitrogens with one attached hydrogen (secondary N) is 1. The smallest absolute Gasteiger partial charge is 0.279 e. The van der Waals surface area contributed by atoms with E-state index in [-0.39, 0.29) is 18.6 Å². The van der Waals surface area contributed by atoms with Crippen LogP contribution in [0.25, 0.3) is 0 Å². The van der Waals surface area contributed by atoms with Crippen LogP contribution >= 0.6 is 11.8 Å². The van der Waals surface area contributed by atoms with Crippen LogP contribution in [0.3, 0.4) is 0 Å². The van der Waals surface area contributed by atoms with Crippen LogP contribution in [-0.4, -0.2) is 55.6 Å². The minimum atomic E-state index is -3.39. The largest absolute Gasteiger partial charge is 0.396 e. The van der Waals surface area contributed by atoms with Crippen LogP contribution < -0.4 is 4.72 Å². The van der Waals surface area contributed by atoms with E-state index in [9.17, 15) is 8.42 Å². The maximum Gasteiger partial charge on any atom is 0.279 e. The molecule has 2 N–H and O–H groups in total. The van der Waals surface area contributed by atoms with Crippen LogP contribution in [0.15, 0.2) is 0 Å². The molecule has 0 saturated carbocycles. The molecule has 0 bridgehead atoms. The second-order valence-corrected chi connectivity index (χ2v) is 7.54. The number of hydrogen-bond acceptors (Lipinski definition) is 4. The van der Waals surface area contributed by atoms with E-state index in [4.69, 9.17) is 5.11 Å². The van der Waals surface area contributed by atoms with Crippen molar-refractivity contribution in [1.29, 1.82) is 0 Å². The third-order valence-corrected chi connectivity index (χ3v) is 5.54. The number of aliphatic hydroxyl groups excluding tert-OH is 1. The van der Waals surface area contributed by atoms with Gasteiger partial charge in [0.1, 0.15) is 0 Å². The summed E-state index contributed by atoms with van der Waals surface area (Å²) >= 11 is 1.71. The van der Waals surface area contributed by atoms with E-state index in [0.717, 1.165) is 25.0 Å². The first kappa shape index (κ1) is 16.2. The molecule has 1 aliphatic rings. The lowest BCUT2D eigenvalue weighted by atomic mass is 10.0. The average molecular weight is 296 g/mol. The molecule has 108 valence electrons. The third-order valence-electron chi connectivity index (χ3n) is 3.18. The highest BCUT2D eigenvalue weighted by molar-refractivity contribution is 7.98. The molecule has 0 amide bonds. The molecule has 0 aromatic heterocycles. The van der Waals surface area contributed by atoms with Gasteiger partial charge in [0.15, 0.2) is 0 Å². The van der Waals surface area contributed by atoms with Crippen molar-refractivity contribution in [2.45, 2.75) is 32.2 Å². The molecule has 1 aliphatic heterocycles. The second kappa shape index (κ2) is 7.69. The first-order valence-corrected chi connectivity index (χ1v) is 9.20. The molecule has 2 unspecified atom stereocenters. The van der Waals surface area contributed by atoms with Crippen LogP contribution in [0, 0.1) is 5.92 Å². The van der Waals surface area contributed by atoms with Gasteiger partial charge in [-0.1, -0.05) is 0 Å². The van der Waals surface area contributed by atoms with Crippen LogP contribution in [0.1, 0.15) is 26.2 Å². The molecule has 7 heteroatoms. The Morgan fingerprint density at radius 2 is 2.28 bits per heavy atom. The van der Waals surface area contributed by atoms with Gasteiger partial charge in [0.05, 0.1) is 0 Å². The molecule has 0 radical (unpaired) electrons. The Hall–Kier alpha value is 0.180. The molecule has 0 spiro atoms. The van der Waals surface area contributed by atoms with Crippen LogP contribution in [0.4, 0.5) is 0 Å². The summed E-state index contributed by atoms with van der Waals surface area (Å²) in [5.41, 5.74) is 0. The Kier molecular flexibility index (Phi) is 6.94. The minimum absolute atomic E-state index is 0.0445.